The van der Waals surface area contributed by atoms with Gasteiger partial charge in [-0.25, -0.2) is 0 Å². The van der Waals surface area contributed by atoms with Crippen LogP contribution in [0.2, 0.25) is 0 Å². The van der Waals surface area contributed by atoms with Crippen molar-refractivity contribution in [1.82, 2.24) is 0 Å². The molecule has 0 atom stereocenters. The molecule has 0 aromatic heterocycles. The first kappa shape index (κ1) is 33.1. The number of carboxylic acid groups (broad SMARTS) is 2. The van der Waals surface area contributed by atoms with Gasteiger partial charge in [0.2, 0.25) is 6.16 Å². The molecule has 0 heterocycles. The largest absolute Gasteiger partial charge is 1.00 e. The van der Waals surface area contributed by atoms with E-state index in [2.05, 4.69) is 18.3 Å². The average Bonchev–Trinajstić information content (AvgIpc) is 2.29. The first-order valence-corrected chi connectivity index (χ1v) is 8.66. The summed E-state index contributed by atoms with van der Waals surface area (Å²) in [7, 11) is -9.33. The van der Waals surface area contributed by atoms with Gasteiger partial charge in [-0.3, -0.25) is 18.2 Å². The van der Waals surface area contributed by atoms with Crippen molar-refractivity contribution in [3.05, 3.63) is 23.8 Å². The monoisotopic (exact) mass is 446 g/mol. The van der Waals surface area contributed by atoms with Crippen molar-refractivity contribution in [2.24, 2.45) is 0 Å². The Bertz CT molecular complexity index is 672. The number of carbonyl (C=O) groups is 1. The van der Waals surface area contributed by atoms with Crippen LogP contribution in [0.1, 0.15) is 12.5 Å². The molecule has 0 saturated carbocycles. The molecular weight excluding hydrogens is 427 g/mol. The fourth-order valence-electron chi connectivity index (χ4n) is 0.990. The van der Waals surface area contributed by atoms with Crippen molar-refractivity contribution < 1.29 is 101 Å². The van der Waals surface area contributed by atoms with E-state index in [4.69, 9.17) is 55.8 Å². The minimum atomic E-state index is -4.67. The molecular formula is C10H19KN2O11S2. The summed E-state index contributed by atoms with van der Waals surface area (Å²) in [6, 6.07) is 5.97. The van der Waals surface area contributed by atoms with Crippen LogP contribution in [0, 0.1) is 6.92 Å². The van der Waals surface area contributed by atoms with Gasteiger partial charge in [-0.1, -0.05) is 0 Å². The number of benzene rings is 1. The van der Waals surface area contributed by atoms with Gasteiger partial charge in [0, 0.05) is 17.9 Å². The second kappa shape index (κ2) is 16.6. The quantitative estimate of drug-likeness (QED) is 0.133. The molecule has 8 N–H and O–H groups in total. The zero-order chi connectivity index (χ0) is 20.8. The van der Waals surface area contributed by atoms with Gasteiger partial charge >= 0.3 is 72.2 Å². The molecule has 0 aliphatic heterocycles. The van der Waals surface area contributed by atoms with Gasteiger partial charge in [-0.2, -0.15) is 16.8 Å². The molecule has 0 aliphatic rings. The van der Waals surface area contributed by atoms with Crippen molar-refractivity contribution in [1.29, 1.82) is 0 Å². The van der Waals surface area contributed by atoms with E-state index in [-0.39, 0.29) is 51.4 Å². The maximum absolute atomic E-state index is 8.74. The number of hydrogen-bond acceptors (Lipinski definition) is 8. The minimum absolute atomic E-state index is 0. The first-order chi connectivity index (χ1) is 11.0. The molecule has 0 spiro atoms. The Labute approximate surface area is 193 Å². The zero-order valence-corrected chi connectivity index (χ0v) is 18.8. The number of aryl methyl sites for hydroxylation is 1. The van der Waals surface area contributed by atoms with Gasteiger partial charge in [-0.15, -0.1) is 0 Å². The molecule has 0 saturated heterocycles. The number of hydrogen-bond donors (Lipinski definition) is 7. The number of nitrogens with two attached hydrogens (primary N) is 1. The third-order valence-corrected chi connectivity index (χ3v) is 1.65. The van der Waals surface area contributed by atoms with Gasteiger partial charge in [0.15, 0.2) is 0 Å². The van der Waals surface area contributed by atoms with Crippen molar-refractivity contribution in [2.75, 3.05) is 17.6 Å². The molecule has 26 heavy (non-hydrogen) atoms. The van der Waals surface area contributed by atoms with E-state index in [0.717, 1.165) is 23.5 Å². The maximum atomic E-state index is 8.74. The van der Waals surface area contributed by atoms with E-state index < -0.39 is 27.0 Å². The molecule has 1 rings (SSSR count). The summed E-state index contributed by atoms with van der Waals surface area (Å²) in [5.74, 6) is 0. The Balaban J connectivity index is -0.000000138. The molecule has 0 unspecified atom stereocenters. The van der Waals surface area contributed by atoms with Crippen LogP contribution in [-0.4, -0.2) is 52.9 Å². The Kier molecular flexibility index (Phi) is 21.2. The van der Waals surface area contributed by atoms with Gasteiger partial charge in [0.05, 0.1) is 0 Å². The Hall–Kier alpha value is -0.534. The molecule has 148 valence electrons. The summed E-state index contributed by atoms with van der Waals surface area (Å²) in [5, 5.41) is 18.5. The molecule has 1 aromatic carbocycles. The van der Waals surface area contributed by atoms with Crippen LogP contribution in [-0.2, 0) is 20.8 Å². The van der Waals surface area contributed by atoms with Crippen LogP contribution in [0.4, 0.5) is 16.2 Å². The average molecular weight is 446 g/mol. The van der Waals surface area contributed by atoms with Crippen molar-refractivity contribution >= 4 is 38.3 Å². The minimum Gasteiger partial charge on any atom is -0.565 e. The Morgan fingerprint density at radius 2 is 1.42 bits per heavy atom. The Morgan fingerprint density at radius 1 is 1.12 bits per heavy atom. The second-order valence-corrected chi connectivity index (χ2v) is 5.55. The molecule has 0 fully saturated rings. The summed E-state index contributed by atoms with van der Waals surface area (Å²) in [6.45, 7) is 5.03. The third kappa shape index (κ3) is 49.5. The molecule has 0 radical (unpaired) electrons. The number of rotatable bonds is 2. The zero-order valence-electron chi connectivity index (χ0n) is 14.0. The Morgan fingerprint density at radius 3 is 1.65 bits per heavy atom. The normalized spacial score (nSPS) is 9.46. The van der Waals surface area contributed by atoms with Crippen molar-refractivity contribution in [2.45, 2.75) is 13.8 Å². The molecule has 16 heteroatoms. The van der Waals surface area contributed by atoms with Crippen LogP contribution in [0.3, 0.4) is 0 Å². The molecule has 0 bridgehead atoms. The smallest absolute Gasteiger partial charge is 0.565 e. The molecule has 0 amide bonds. The predicted molar refractivity (Wildman–Crippen MR) is 86.1 cm³/mol. The predicted octanol–water partition coefficient (Wildman–Crippen LogP) is -3.40. The second-order valence-electron chi connectivity index (χ2n) is 3.76. The fourth-order valence-corrected chi connectivity index (χ4v) is 0.990. The first-order valence-electron chi connectivity index (χ1n) is 5.87. The topological polar surface area (TPSA) is 248 Å². The summed E-state index contributed by atoms with van der Waals surface area (Å²) >= 11 is 0. The molecule has 13 nitrogen and oxygen atoms in total. The van der Waals surface area contributed by atoms with Crippen LogP contribution in [0.5, 0.6) is 0 Å². The number of nitrogen functional groups attached to an aromatic ring is 1. The summed E-state index contributed by atoms with van der Waals surface area (Å²) < 4.78 is 63.2. The molecule has 1 aromatic rings. The van der Waals surface area contributed by atoms with E-state index in [1.807, 2.05) is 19.1 Å². The maximum Gasteiger partial charge on any atom is 1.00 e. The van der Waals surface area contributed by atoms with Crippen molar-refractivity contribution in [3.8, 4) is 0 Å². The molecule has 0 aliphatic carbocycles. The number of anilines is 2. The van der Waals surface area contributed by atoms with E-state index >= 15 is 0 Å². The summed E-state index contributed by atoms with van der Waals surface area (Å²) in [4.78, 5) is 8.44. The van der Waals surface area contributed by atoms with Crippen LogP contribution in [0.15, 0.2) is 18.2 Å². The van der Waals surface area contributed by atoms with Crippen LogP contribution < -0.4 is 67.5 Å². The van der Waals surface area contributed by atoms with Gasteiger partial charge < -0.3 is 26.1 Å². The SMILES string of the molecule is CCNc1ccc(N)c(C)c1.O=C([O-])O.O=S(=O)(O)O.O=S(=O)(O)O.[K+]. The van der Waals surface area contributed by atoms with E-state index in [0.29, 0.717) is 0 Å². The van der Waals surface area contributed by atoms with E-state index in [1.165, 1.54) is 0 Å². The van der Waals surface area contributed by atoms with Crippen molar-refractivity contribution in [3.63, 3.8) is 0 Å². The van der Waals surface area contributed by atoms with E-state index in [9.17, 15) is 0 Å². The standard InChI is InChI=1S/C9H14N2.CH2O3.K.2H2O4S/c1-3-11-8-4-5-9(10)7(2)6-8;2-1(3)4;;2*1-5(2,3)4/h4-6,11H,3,10H2,1-2H3;(H2,2,3,4);;2*(H2,1,2,3,4)/q;;+1;;/p-1. The van der Waals surface area contributed by atoms with Crippen LogP contribution in [0.25, 0.3) is 0 Å². The summed E-state index contributed by atoms with van der Waals surface area (Å²) in [5.41, 5.74) is 8.78. The van der Waals surface area contributed by atoms with Gasteiger partial charge in [-0.05, 0) is 37.6 Å². The number of nitrogens with one attached hydrogen (secondary N) is 1. The van der Waals surface area contributed by atoms with Gasteiger partial charge in [0.1, 0.15) is 0 Å². The summed E-state index contributed by atoms with van der Waals surface area (Å²) in [6.07, 6.45) is -2.08. The third-order valence-electron chi connectivity index (χ3n) is 1.65. The van der Waals surface area contributed by atoms with E-state index in [1.54, 1.807) is 0 Å². The van der Waals surface area contributed by atoms with Crippen LogP contribution >= 0.6 is 0 Å². The van der Waals surface area contributed by atoms with Gasteiger partial charge in [0.25, 0.3) is 0 Å². The fraction of sp³-hybridized carbons (Fsp3) is 0.300.